The second-order valence-corrected chi connectivity index (χ2v) is 6.31. The van der Waals surface area contributed by atoms with E-state index in [4.69, 9.17) is 5.26 Å². The molecule has 2 heterocycles. The lowest BCUT2D eigenvalue weighted by molar-refractivity contribution is -0.274. The largest absolute Gasteiger partial charge is 0.573 e. The Bertz CT molecular complexity index is 1350. The number of alkyl halides is 3. The Morgan fingerprint density at radius 1 is 1.00 bits per heavy atom. The molecule has 0 unspecified atom stereocenters. The molecule has 4 rings (SSSR count). The van der Waals surface area contributed by atoms with E-state index in [1.165, 1.54) is 40.0 Å². The Labute approximate surface area is 173 Å². The number of nitriles is 1. The number of aromatic nitrogens is 4. The molecule has 0 bridgehead atoms. The number of hydrogen-bond donors (Lipinski definition) is 0. The van der Waals surface area contributed by atoms with Crippen LogP contribution in [0.1, 0.15) is 5.56 Å². The number of rotatable bonds is 4. The predicted molar refractivity (Wildman–Crippen MR) is 104 cm³/mol. The van der Waals surface area contributed by atoms with Gasteiger partial charge in [0.2, 0.25) is 5.43 Å². The zero-order valence-corrected chi connectivity index (χ0v) is 15.6. The molecule has 0 radical (unpaired) electrons. The minimum atomic E-state index is -4.83. The molecule has 0 aliphatic rings. The van der Waals surface area contributed by atoms with Crippen molar-refractivity contribution in [1.82, 2.24) is 19.6 Å². The highest BCUT2D eigenvalue weighted by molar-refractivity contribution is 5.58. The van der Waals surface area contributed by atoms with Gasteiger partial charge in [0.25, 0.3) is 0 Å². The molecule has 154 valence electrons. The monoisotopic (exact) mass is 423 g/mol. The van der Waals surface area contributed by atoms with Crippen molar-refractivity contribution in [2.75, 3.05) is 0 Å². The molecule has 0 aliphatic carbocycles. The molecule has 0 amide bonds. The van der Waals surface area contributed by atoms with Gasteiger partial charge in [0.15, 0.2) is 5.69 Å². The van der Waals surface area contributed by atoms with E-state index in [-0.39, 0.29) is 11.4 Å². The lowest BCUT2D eigenvalue weighted by Gasteiger charge is -2.12. The molecule has 7 nitrogen and oxygen atoms in total. The summed E-state index contributed by atoms with van der Waals surface area (Å²) >= 11 is 0. The summed E-state index contributed by atoms with van der Waals surface area (Å²) in [5, 5.41) is 17.6. The van der Waals surface area contributed by atoms with Crippen LogP contribution >= 0.6 is 0 Å². The average Bonchev–Trinajstić information content (AvgIpc) is 3.23. The fourth-order valence-corrected chi connectivity index (χ4v) is 2.95. The van der Waals surface area contributed by atoms with Crippen LogP contribution < -0.4 is 10.2 Å². The Morgan fingerprint density at radius 3 is 2.55 bits per heavy atom. The van der Waals surface area contributed by atoms with Gasteiger partial charge in [0, 0.05) is 18.3 Å². The molecule has 2 aromatic carbocycles. The van der Waals surface area contributed by atoms with E-state index >= 15 is 0 Å². The van der Waals surface area contributed by atoms with Crippen molar-refractivity contribution in [3.05, 3.63) is 88.8 Å². The third-order valence-electron chi connectivity index (χ3n) is 4.23. The predicted octanol–water partition coefficient (Wildman–Crippen LogP) is 3.86. The Morgan fingerprint density at radius 2 is 1.77 bits per heavy atom. The Kier molecular flexibility index (Phi) is 5.00. The van der Waals surface area contributed by atoms with E-state index < -0.39 is 17.5 Å². The van der Waals surface area contributed by atoms with Crippen LogP contribution in [0.4, 0.5) is 13.2 Å². The maximum atomic E-state index is 12.5. The smallest absolute Gasteiger partial charge is 0.406 e. The minimum Gasteiger partial charge on any atom is -0.406 e. The summed E-state index contributed by atoms with van der Waals surface area (Å²) in [4.78, 5) is 12.5. The molecule has 0 fully saturated rings. The second kappa shape index (κ2) is 7.79. The Hall–Kier alpha value is -4.39. The fraction of sp³-hybridized carbons (Fsp3) is 0.0476. The highest BCUT2D eigenvalue weighted by Crippen LogP contribution is 2.25. The van der Waals surface area contributed by atoms with Crippen molar-refractivity contribution in [3.8, 4) is 34.6 Å². The second-order valence-electron chi connectivity index (χ2n) is 6.31. The van der Waals surface area contributed by atoms with Gasteiger partial charge >= 0.3 is 6.36 Å². The summed E-state index contributed by atoms with van der Waals surface area (Å²) in [5.74, 6) is -0.412. The lowest BCUT2D eigenvalue weighted by atomic mass is 10.2. The van der Waals surface area contributed by atoms with E-state index in [9.17, 15) is 18.0 Å². The molecule has 0 saturated heterocycles. The zero-order chi connectivity index (χ0) is 22.0. The van der Waals surface area contributed by atoms with E-state index in [0.29, 0.717) is 16.9 Å². The topological polar surface area (TPSA) is 85.7 Å². The molecular formula is C21H12F3N5O2. The SMILES string of the molecule is N#Cc1cccc(-n2nccc2-c2nn(-c3cccc(OC(F)(F)F)c3)ccc2=O)c1. The highest BCUT2D eigenvalue weighted by Gasteiger charge is 2.31. The van der Waals surface area contributed by atoms with Gasteiger partial charge in [-0.15, -0.1) is 13.2 Å². The van der Waals surface area contributed by atoms with Gasteiger partial charge in [0.1, 0.15) is 5.75 Å². The maximum Gasteiger partial charge on any atom is 0.573 e. The first-order valence-corrected chi connectivity index (χ1v) is 8.85. The number of ether oxygens (including phenoxy) is 1. The van der Waals surface area contributed by atoms with Gasteiger partial charge in [-0.05, 0) is 36.4 Å². The Balaban J connectivity index is 1.78. The van der Waals surface area contributed by atoms with Crippen LogP contribution in [0.3, 0.4) is 0 Å². The fourth-order valence-electron chi connectivity index (χ4n) is 2.95. The van der Waals surface area contributed by atoms with Crippen molar-refractivity contribution < 1.29 is 17.9 Å². The third kappa shape index (κ3) is 4.30. The quantitative estimate of drug-likeness (QED) is 0.498. The van der Waals surface area contributed by atoms with E-state index in [1.807, 2.05) is 6.07 Å². The zero-order valence-electron chi connectivity index (χ0n) is 15.6. The van der Waals surface area contributed by atoms with Crippen LogP contribution in [0.5, 0.6) is 5.75 Å². The molecule has 2 aromatic heterocycles. The van der Waals surface area contributed by atoms with E-state index in [0.717, 1.165) is 12.1 Å². The van der Waals surface area contributed by atoms with Crippen LogP contribution in [-0.4, -0.2) is 25.9 Å². The summed E-state index contributed by atoms with van der Waals surface area (Å²) in [6.07, 6.45) is -2.01. The van der Waals surface area contributed by atoms with Gasteiger partial charge < -0.3 is 4.74 Å². The van der Waals surface area contributed by atoms with Crippen LogP contribution in [-0.2, 0) is 0 Å². The molecule has 0 aliphatic heterocycles. The number of nitrogens with zero attached hydrogens (tertiary/aromatic N) is 5. The number of hydrogen-bond acceptors (Lipinski definition) is 5. The summed E-state index contributed by atoms with van der Waals surface area (Å²) in [6, 6.07) is 16.7. The molecule has 0 saturated carbocycles. The molecule has 0 spiro atoms. The van der Waals surface area contributed by atoms with Gasteiger partial charge in [0.05, 0.1) is 34.9 Å². The first-order valence-electron chi connectivity index (χ1n) is 8.85. The van der Waals surface area contributed by atoms with Crippen LogP contribution in [0, 0.1) is 11.3 Å². The van der Waals surface area contributed by atoms with Crippen LogP contribution in [0.15, 0.2) is 77.9 Å². The highest BCUT2D eigenvalue weighted by atomic mass is 19.4. The summed E-state index contributed by atoms with van der Waals surface area (Å²) in [6.45, 7) is 0. The third-order valence-corrected chi connectivity index (χ3v) is 4.23. The molecule has 0 N–H and O–H groups in total. The summed E-state index contributed by atoms with van der Waals surface area (Å²) in [7, 11) is 0. The maximum absolute atomic E-state index is 12.5. The standard InChI is InChI=1S/C21H12F3N5O2/c22-21(23,24)31-17-6-2-4-15(12-17)28-10-8-19(30)20(27-28)18-7-9-26-29(18)16-5-1-3-14(11-16)13-25/h1-12H. The molecule has 10 heteroatoms. The van der Waals surface area contributed by atoms with Crippen LogP contribution in [0.25, 0.3) is 22.8 Å². The average molecular weight is 423 g/mol. The van der Waals surface area contributed by atoms with Crippen molar-refractivity contribution >= 4 is 0 Å². The van der Waals surface area contributed by atoms with E-state index in [2.05, 4.69) is 14.9 Å². The first kappa shape index (κ1) is 19.9. The van der Waals surface area contributed by atoms with Crippen LogP contribution in [0.2, 0.25) is 0 Å². The van der Waals surface area contributed by atoms with E-state index in [1.54, 1.807) is 30.3 Å². The van der Waals surface area contributed by atoms with Crippen molar-refractivity contribution in [3.63, 3.8) is 0 Å². The summed E-state index contributed by atoms with van der Waals surface area (Å²) < 4.78 is 44.2. The first-order chi connectivity index (χ1) is 14.8. The van der Waals surface area contributed by atoms with Gasteiger partial charge in [-0.1, -0.05) is 12.1 Å². The van der Waals surface area contributed by atoms with Crippen molar-refractivity contribution in [2.45, 2.75) is 6.36 Å². The molecule has 31 heavy (non-hydrogen) atoms. The van der Waals surface area contributed by atoms with Gasteiger partial charge in [-0.3, -0.25) is 4.79 Å². The summed E-state index contributed by atoms with van der Waals surface area (Å²) in [5.41, 5.74) is 1.22. The number of halogens is 3. The van der Waals surface area contributed by atoms with Crippen molar-refractivity contribution in [2.24, 2.45) is 0 Å². The van der Waals surface area contributed by atoms with Crippen molar-refractivity contribution in [1.29, 1.82) is 5.26 Å². The molecule has 0 atom stereocenters. The lowest BCUT2D eigenvalue weighted by Crippen LogP contribution is -2.17. The molecule has 4 aromatic rings. The molecular weight excluding hydrogens is 411 g/mol. The van der Waals surface area contributed by atoms with Gasteiger partial charge in [-0.25, -0.2) is 9.36 Å². The number of benzene rings is 2. The van der Waals surface area contributed by atoms with Gasteiger partial charge in [-0.2, -0.15) is 15.5 Å². The normalized spacial score (nSPS) is 11.2. The minimum absolute atomic E-state index is 0.0319.